The zero-order chi connectivity index (χ0) is 24.9. The van der Waals surface area contributed by atoms with Crippen molar-refractivity contribution >= 4 is 23.4 Å². The summed E-state index contributed by atoms with van der Waals surface area (Å²) in [5.74, 6) is -1.20. The van der Waals surface area contributed by atoms with Crippen LogP contribution in [0.25, 0.3) is 11.1 Å². The minimum Gasteiger partial charge on any atom is -0.347 e. The number of hydrogen-bond acceptors (Lipinski definition) is 3. The molecular weight excluding hydrogens is 461 g/mol. The highest BCUT2D eigenvalue weighted by atomic mass is 19.4. The highest BCUT2D eigenvalue weighted by molar-refractivity contribution is 6.11. The van der Waals surface area contributed by atoms with Crippen molar-refractivity contribution in [2.45, 2.75) is 24.7 Å². The minimum atomic E-state index is -4.49. The molecule has 2 atom stereocenters. The molecule has 3 heterocycles. The van der Waals surface area contributed by atoms with Gasteiger partial charge in [-0.15, -0.1) is 0 Å². The highest BCUT2D eigenvalue weighted by Gasteiger charge is 2.45. The molecule has 2 aliphatic heterocycles. The van der Waals surface area contributed by atoms with Crippen molar-refractivity contribution in [2.24, 2.45) is 7.05 Å². The lowest BCUT2D eigenvalue weighted by molar-refractivity contribution is -0.137. The van der Waals surface area contributed by atoms with Gasteiger partial charge in [0.15, 0.2) is 0 Å². The predicted molar refractivity (Wildman–Crippen MR) is 122 cm³/mol. The molecule has 0 spiro atoms. The van der Waals surface area contributed by atoms with Crippen LogP contribution in [0.1, 0.15) is 32.8 Å². The fourth-order valence-corrected chi connectivity index (χ4v) is 4.68. The van der Waals surface area contributed by atoms with Gasteiger partial charge < -0.3 is 20.1 Å². The number of hydrogen-bond donors (Lipinski definition) is 2. The summed E-state index contributed by atoms with van der Waals surface area (Å²) < 4.78 is 41.1. The van der Waals surface area contributed by atoms with Crippen LogP contribution in [0.5, 0.6) is 0 Å². The van der Waals surface area contributed by atoms with Crippen molar-refractivity contribution in [3.05, 3.63) is 77.6 Å². The highest BCUT2D eigenvalue weighted by Crippen LogP contribution is 2.35. The van der Waals surface area contributed by atoms with Crippen LogP contribution in [0, 0.1) is 0 Å². The van der Waals surface area contributed by atoms with E-state index in [1.165, 1.54) is 29.2 Å². The zero-order valence-electron chi connectivity index (χ0n) is 18.6. The van der Waals surface area contributed by atoms with E-state index in [0.717, 1.165) is 12.1 Å². The molecular formula is C25H21F3N4O3. The molecule has 180 valence electrons. The van der Waals surface area contributed by atoms with Gasteiger partial charge >= 0.3 is 6.18 Å². The van der Waals surface area contributed by atoms with Crippen LogP contribution in [0.3, 0.4) is 0 Å². The molecule has 0 aliphatic carbocycles. The number of aromatic nitrogens is 1. The number of amides is 3. The summed E-state index contributed by atoms with van der Waals surface area (Å²) in [4.78, 5) is 40.6. The van der Waals surface area contributed by atoms with Gasteiger partial charge in [0.1, 0.15) is 11.7 Å². The Hall–Kier alpha value is -4.08. The molecule has 2 aliphatic rings. The van der Waals surface area contributed by atoms with Gasteiger partial charge in [-0.2, -0.15) is 13.2 Å². The summed E-state index contributed by atoms with van der Waals surface area (Å²) in [5, 5.41) is 5.61. The number of nitrogens with zero attached hydrogens (tertiary/aromatic N) is 2. The van der Waals surface area contributed by atoms with Crippen LogP contribution in [-0.4, -0.2) is 45.8 Å². The topological polar surface area (TPSA) is 83.4 Å². The fourth-order valence-electron chi connectivity index (χ4n) is 4.68. The molecule has 7 nitrogen and oxygen atoms in total. The van der Waals surface area contributed by atoms with Gasteiger partial charge in [0.05, 0.1) is 22.9 Å². The van der Waals surface area contributed by atoms with E-state index in [1.54, 1.807) is 36.0 Å². The molecule has 5 rings (SSSR count). The third kappa shape index (κ3) is 4.05. The normalized spacial score (nSPS) is 19.6. The monoisotopic (exact) mass is 482 g/mol. The maximum absolute atomic E-state index is 13.4. The summed E-state index contributed by atoms with van der Waals surface area (Å²) in [6.07, 6.45) is -2.37. The molecule has 3 aromatic rings. The molecule has 0 bridgehead atoms. The van der Waals surface area contributed by atoms with E-state index < -0.39 is 35.6 Å². The molecule has 0 saturated carbocycles. The average Bonchev–Trinajstić information content (AvgIpc) is 3.42. The first kappa shape index (κ1) is 22.7. The number of fused-ring (bicyclic) bond motifs is 2. The summed E-state index contributed by atoms with van der Waals surface area (Å²) in [6, 6.07) is 11.3. The number of anilines is 1. The van der Waals surface area contributed by atoms with Gasteiger partial charge in [0.25, 0.3) is 11.8 Å². The lowest BCUT2D eigenvalue weighted by atomic mass is 9.99. The van der Waals surface area contributed by atoms with E-state index in [1.807, 2.05) is 0 Å². The van der Waals surface area contributed by atoms with Crippen molar-refractivity contribution in [1.29, 1.82) is 0 Å². The summed E-state index contributed by atoms with van der Waals surface area (Å²) in [7, 11) is 1.73. The van der Waals surface area contributed by atoms with Crippen molar-refractivity contribution in [2.75, 3.05) is 11.9 Å². The smallest absolute Gasteiger partial charge is 0.347 e. The van der Waals surface area contributed by atoms with Crippen molar-refractivity contribution in [3.63, 3.8) is 0 Å². The number of aryl methyl sites for hydroxylation is 1. The van der Waals surface area contributed by atoms with Crippen molar-refractivity contribution in [1.82, 2.24) is 14.8 Å². The van der Waals surface area contributed by atoms with Crippen LogP contribution in [0.15, 0.2) is 60.8 Å². The van der Waals surface area contributed by atoms with Gasteiger partial charge in [0.2, 0.25) is 5.91 Å². The number of alkyl halides is 3. The lowest BCUT2D eigenvalue weighted by Crippen LogP contribution is -2.51. The molecule has 35 heavy (non-hydrogen) atoms. The number of nitrogens with one attached hydrogen (secondary N) is 2. The van der Waals surface area contributed by atoms with E-state index >= 15 is 0 Å². The molecule has 1 aromatic heterocycles. The third-order valence-corrected chi connectivity index (χ3v) is 6.45. The molecule has 3 amide bonds. The second kappa shape index (κ2) is 8.30. The van der Waals surface area contributed by atoms with E-state index in [9.17, 15) is 27.6 Å². The Morgan fingerprint density at radius 1 is 1.06 bits per heavy atom. The maximum atomic E-state index is 13.4. The van der Waals surface area contributed by atoms with Crippen LogP contribution >= 0.6 is 0 Å². The zero-order valence-corrected chi connectivity index (χ0v) is 18.6. The second-order valence-corrected chi connectivity index (χ2v) is 8.64. The first-order valence-corrected chi connectivity index (χ1v) is 11.0. The largest absolute Gasteiger partial charge is 0.416 e. The van der Waals surface area contributed by atoms with Gasteiger partial charge in [-0.25, -0.2) is 0 Å². The van der Waals surface area contributed by atoms with Crippen LogP contribution in [0.2, 0.25) is 0 Å². The van der Waals surface area contributed by atoms with Crippen molar-refractivity contribution < 1.29 is 27.6 Å². The van der Waals surface area contributed by atoms with E-state index in [2.05, 4.69) is 10.6 Å². The van der Waals surface area contributed by atoms with Crippen LogP contribution in [0.4, 0.5) is 18.9 Å². The predicted octanol–water partition coefficient (Wildman–Crippen LogP) is 3.68. The Bertz CT molecular complexity index is 1350. The quantitative estimate of drug-likeness (QED) is 0.598. The maximum Gasteiger partial charge on any atom is 0.416 e. The fraction of sp³-hybridized carbons (Fsp3) is 0.240. The number of halogens is 3. The first-order chi connectivity index (χ1) is 16.6. The SMILES string of the molecule is Cn1cccc1C(=O)N[C@@H]1CCN2C(=O)c3cc(-c4cccc(C(F)(F)F)c4)ccc3NC(=O)[C@H]12. The van der Waals surface area contributed by atoms with E-state index in [4.69, 9.17) is 0 Å². The molecule has 1 fully saturated rings. The Labute approximate surface area is 198 Å². The minimum absolute atomic E-state index is 0.185. The Balaban J connectivity index is 1.44. The van der Waals surface area contributed by atoms with E-state index in [-0.39, 0.29) is 23.7 Å². The lowest BCUT2D eigenvalue weighted by Gasteiger charge is -2.25. The first-order valence-electron chi connectivity index (χ1n) is 11.0. The number of carbonyl (C=O) groups excluding carboxylic acids is 3. The second-order valence-electron chi connectivity index (χ2n) is 8.64. The summed E-state index contributed by atoms with van der Waals surface area (Å²) >= 11 is 0. The molecule has 10 heteroatoms. The van der Waals surface area contributed by atoms with Gasteiger partial charge in [-0.05, 0) is 53.9 Å². The van der Waals surface area contributed by atoms with Crippen LogP contribution in [-0.2, 0) is 18.0 Å². The number of benzene rings is 2. The third-order valence-electron chi connectivity index (χ3n) is 6.45. The average molecular weight is 482 g/mol. The number of carbonyl (C=O) groups is 3. The standard InChI is InChI=1S/C25H21F3N4O3/c1-31-10-3-6-20(31)22(33)30-19-9-11-32-21(19)23(34)29-18-8-7-15(13-17(18)24(32)35)14-4-2-5-16(12-14)25(26,27)28/h2-8,10,12-13,19,21H,9,11H2,1H3,(H,29,34)(H,30,33)/t19-,21+/m1/s1. The molecule has 1 saturated heterocycles. The van der Waals surface area contributed by atoms with Crippen LogP contribution < -0.4 is 10.6 Å². The number of rotatable bonds is 3. The Morgan fingerprint density at radius 3 is 2.54 bits per heavy atom. The molecule has 0 radical (unpaired) electrons. The molecule has 2 aromatic carbocycles. The molecule has 0 unspecified atom stereocenters. The molecule has 2 N–H and O–H groups in total. The summed E-state index contributed by atoms with van der Waals surface area (Å²) in [6.45, 7) is 0.252. The summed E-state index contributed by atoms with van der Waals surface area (Å²) in [5.41, 5.74) is 0.821. The van der Waals surface area contributed by atoms with Gasteiger partial charge in [-0.1, -0.05) is 18.2 Å². The van der Waals surface area contributed by atoms with Gasteiger partial charge in [0, 0.05) is 19.8 Å². The Kier molecular flexibility index (Phi) is 5.38. The van der Waals surface area contributed by atoms with Crippen molar-refractivity contribution in [3.8, 4) is 11.1 Å². The van der Waals surface area contributed by atoms with Gasteiger partial charge in [-0.3, -0.25) is 14.4 Å². The van der Waals surface area contributed by atoms with E-state index in [0.29, 0.717) is 23.2 Å². The Morgan fingerprint density at radius 2 is 1.83 bits per heavy atom.